The molecule has 0 bridgehead atoms. The van der Waals surface area contributed by atoms with Gasteiger partial charge in [-0.3, -0.25) is 4.99 Å². The van der Waals surface area contributed by atoms with Crippen molar-refractivity contribution in [1.82, 2.24) is 20.9 Å². The van der Waals surface area contributed by atoms with Gasteiger partial charge in [0.15, 0.2) is 5.96 Å². The van der Waals surface area contributed by atoms with E-state index < -0.39 is 0 Å². The Morgan fingerprint density at radius 1 is 1.25 bits per heavy atom. The van der Waals surface area contributed by atoms with Crippen molar-refractivity contribution >= 4 is 12.1 Å². The molecule has 0 saturated carbocycles. The molecule has 178 valence electrons. The monoisotopic (exact) mass is 445 g/mol. The smallest absolute Gasteiger partial charge is 0.409 e. The molecule has 1 aromatic rings. The van der Waals surface area contributed by atoms with E-state index in [-0.39, 0.29) is 23.7 Å². The fourth-order valence-corrected chi connectivity index (χ4v) is 4.47. The van der Waals surface area contributed by atoms with E-state index in [9.17, 15) is 4.79 Å². The Morgan fingerprint density at radius 3 is 2.56 bits per heavy atom. The van der Waals surface area contributed by atoms with E-state index in [0.29, 0.717) is 19.6 Å². The Morgan fingerprint density at radius 2 is 1.94 bits per heavy atom. The number of nitrogens with one attached hydrogen (secondary N) is 3. The Hall–Kier alpha value is -2.32. The van der Waals surface area contributed by atoms with Crippen molar-refractivity contribution < 1.29 is 14.3 Å². The van der Waals surface area contributed by atoms with Crippen LogP contribution in [0.3, 0.4) is 0 Å². The predicted octanol–water partition coefficient (Wildman–Crippen LogP) is 2.67. The van der Waals surface area contributed by atoms with Crippen LogP contribution in [0.2, 0.25) is 0 Å². The molecule has 3 rings (SSSR count). The van der Waals surface area contributed by atoms with Gasteiger partial charge < -0.3 is 30.3 Å². The van der Waals surface area contributed by atoms with Crippen molar-refractivity contribution in [3.8, 4) is 0 Å². The van der Waals surface area contributed by atoms with E-state index in [1.807, 2.05) is 0 Å². The number of likely N-dealkylation sites (tertiary alicyclic amines) is 1. The number of amides is 1. The third-order valence-electron chi connectivity index (χ3n) is 6.42. The number of guanidine groups is 1. The SMILES string of the molecule is CCNC(=NCC1(NC(C)c2ccccc2)CCOCC1)NC1CCN(C(=O)OC)CC1. The summed E-state index contributed by atoms with van der Waals surface area (Å²) in [5.74, 6) is 0.837. The topological polar surface area (TPSA) is 87.2 Å². The van der Waals surface area contributed by atoms with Gasteiger partial charge in [0.05, 0.1) is 13.7 Å². The average molecular weight is 446 g/mol. The number of nitrogens with zero attached hydrogens (tertiary/aromatic N) is 2. The number of rotatable bonds is 7. The van der Waals surface area contributed by atoms with Crippen LogP contribution in [0.25, 0.3) is 0 Å². The summed E-state index contributed by atoms with van der Waals surface area (Å²) < 4.78 is 10.5. The summed E-state index contributed by atoms with van der Waals surface area (Å²) in [6.07, 6.45) is 3.38. The quantitative estimate of drug-likeness (QED) is 0.442. The van der Waals surface area contributed by atoms with Crippen LogP contribution in [0.5, 0.6) is 0 Å². The first-order valence-electron chi connectivity index (χ1n) is 11.8. The molecule has 3 N–H and O–H groups in total. The highest BCUT2D eigenvalue weighted by Crippen LogP contribution is 2.26. The van der Waals surface area contributed by atoms with Crippen molar-refractivity contribution in [3.05, 3.63) is 35.9 Å². The van der Waals surface area contributed by atoms with Crippen LogP contribution < -0.4 is 16.0 Å². The van der Waals surface area contributed by atoms with Crippen molar-refractivity contribution in [3.63, 3.8) is 0 Å². The van der Waals surface area contributed by atoms with E-state index in [1.54, 1.807) is 4.90 Å². The highest BCUT2D eigenvalue weighted by molar-refractivity contribution is 5.80. The Bertz CT molecular complexity index is 728. The average Bonchev–Trinajstić information content (AvgIpc) is 2.84. The molecule has 0 radical (unpaired) electrons. The minimum Gasteiger partial charge on any atom is -0.453 e. The van der Waals surface area contributed by atoms with E-state index >= 15 is 0 Å². The minimum absolute atomic E-state index is 0.0931. The summed E-state index contributed by atoms with van der Waals surface area (Å²) in [4.78, 5) is 18.5. The lowest BCUT2D eigenvalue weighted by atomic mass is 9.88. The first-order chi connectivity index (χ1) is 15.5. The number of carbonyl (C=O) groups is 1. The molecule has 0 aliphatic carbocycles. The first-order valence-corrected chi connectivity index (χ1v) is 11.8. The highest BCUT2D eigenvalue weighted by Gasteiger charge is 2.34. The van der Waals surface area contributed by atoms with Crippen LogP contribution in [0.1, 0.15) is 51.1 Å². The van der Waals surface area contributed by atoms with Crippen LogP contribution in [0.4, 0.5) is 4.79 Å². The summed E-state index contributed by atoms with van der Waals surface area (Å²) in [5, 5.41) is 10.8. The lowest BCUT2D eigenvalue weighted by Crippen LogP contribution is -2.54. The summed E-state index contributed by atoms with van der Waals surface area (Å²) in [6, 6.07) is 11.1. The zero-order chi connectivity index (χ0) is 22.8. The van der Waals surface area contributed by atoms with Crippen LogP contribution in [-0.4, -0.2) is 75.0 Å². The molecule has 0 spiro atoms. The van der Waals surface area contributed by atoms with Crippen molar-refractivity contribution in [2.45, 2.75) is 57.2 Å². The summed E-state index contributed by atoms with van der Waals surface area (Å²) in [6.45, 7) is 8.68. The number of carbonyl (C=O) groups excluding carboxylic acids is 1. The Kier molecular flexibility index (Phi) is 9.17. The van der Waals surface area contributed by atoms with Crippen molar-refractivity contribution in [2.75, 3.05) is 46.5 Å². The van der Waals surface area contributed by atoms with E-state index in [4.69, 9.17) is 14.5 Å². The fourth-order valence-electron chi connectivity index (χ4n) is 4.47. The number of hydrogen-bond acceptors (Lipinski definition) is 5. The molecular formula is C24H39N5O3. The van der Waals surface area contributed by atoms with Gasteiger partial charge in [0.25, 0.3) is 0 Å². The molecule has 1 aromatic carbocycles. The second-order valence-electron chi connectivity index (χ2n) is 8.74. The number of methoxy groups -OCH3 is 1. The van der Waals surface area contributed by atoms with Crippen LogP contribution in [0.15, 0.2) is 35.3 Å². The van der Waals surface area contributed by atoms with Gasteiger partial charge >= 0.3 is 6.09 Å². The largest absolute Gasteiger partial charge is 0.453 e. The number of ether oxygens (including phenoxy) is 2. The van der Waals surface area contributed by atoms with Gasteiger partial charge in [0.2, 0.25) is 0 Å². The summed E-state index contributed by atoms with van der Waals surface area (Å²) in [5.41, 5.74) is 1.19. The predicted molar refractivity (Wildman–Crippen MR) is 127 cm³/mol. The lowest BCUT2D eigenvalue weighted by molar-refractivity contribution is 0.0374. The van der Waals surface area contributed by atoms with Gasteiger partial charge in [0, 0.05) is 50.5 Å². The van der Waals surface area contributed by atoms with Gasteiger partial charge in [-0.05, 0) is 45.1 Å². The highest BCUT2D eigenvalue weighted by atomic mass is 16.5. The summed E-state index contributed by atoms with van der Waals surface area (Å²) >= 11 is 0. The molecule has 32 heavy (non-hydrogen) atoms. The molecule has 2 fully saturated rings. The zero-order valence-electron chi connectivity index (χ0n) is 19.7. The number of piperidine rings is 1. The Balaban J connectivity index is 1.63. The normalized spacial score (nSPS) is 20.5. The zero-order valence-corrected chi connectivity index (χ0v) is 19.7. The van der Waals surface area contributed by atoms with Crippen LogP contribution in [0, 0.1) is 0 Å². The molecule has 1 atom stereocenters. The fraction of sp³-hybridized carbons (Fsp3) is 0.667. The maximum atomic E-state index is 11.7. The van der Waals surface area contributed by atoms with Crippen molar-refractivity contribution in [1.29, 1.82) is 0 Å². The second kappa shape index (κ2) is 12.1. The first kappa shape index (κ1) is 24.3. The van der Waals surface area contributed by atoms with Crippen LogP contribution >= 0.6 is 0 Å². The molecule has 2 heterocycles. The number of benzene rings is 1. The Labute approximate surface area is 192 Å². The molecule has 8 heteroatoms. The van der Waals surface area contributed by atoms with Gasteiger partial charge in [-0.1, -0.05) is 30.3 Å². The molecule has 2 aliphatic heterocycles. The van der Waals surface area contributed by atoms with Gasteiger partial charge in [0.1, 0.15) is 0 Å². The number of aliphatic imine (C=N–C) groups is 1. The third kappa shape index (κ3) is 6.84. The maximum absolute atomic E-state index is 11.7. The van der Waals surface area contributed by atoms with E-state index in [2.05, 4.69) is 60.1 Å². The molecule has 1 unspecified atom stereocenters. The van der Waals surface area contributed by atoms with Gasteiger partial charge in [-0.15, -0.1) is 0 Å². The third-order valence-corrected chi connectivity index (χ3v) is 6.42. The molecule has 2 saturated heterocycles. The van der Waals surface area contributed by atoms with Gasteiger partial charge in [-0.25, -0.2) is 4.79 Å². The standard InChI is InChI=1S/C24H39N5O3/c1-4-25-22(27-21-10-14-29(15-11-21)23(30)31-3)26-18-24(12-16-32-17-13-24)28-19(2)20-8-6-5-7-9-20/h5-9,19,21,28H,4,10-18H2,1-3H3,(H2,25,26,27). The minimum atomic E-state index is -0.246. The van der Waals surface area contributed by atoms with Crippen LogP contribution in [-0.2, 0) is 9.47 Å². The summed E-state index contributed by atoms with van der Waals surface area (Å²) in [7, 11) is 1.43. The van der Waals surface area contributed by atoms with Crippen molar-refractivity contribution in [2.24, 2.45) is 4.99 Å². The molecule has 2 aliphatic rings. The maximum Gasteiger partial charge on any atom is 0.409 e. The number of hydrogen-bond donors (Lipinski definition) is 3. The molecule has 0 aromatic heterocycles. The van der Waals surface area contributed by atoms with E-state index in [0.717, 1.165) is 51.4 Å². The molecule has 8 nitrogen and oxygen atoms in total. The lowest BCUT2D eigenvalue weighted by Gasteiger charge is -2.39. The van der Waals surface area contributed by atoms with Gasteiger partial charge in [-0.2, -0.15) is 0 Å². The second-order valence-corrected chi connectivity index (χ2v) is 8.74. The van der Waals surface area contributed by atoms with E-state index in [1.165, 1.54) is 12.7 Å². The molecular weight excluding hydrogens is 406 g/mol. The molecule has 1 amide bonds.